The number of benzene rings is 2. The molecule has 1 amide bonds. The van der Waals surface area contributed by atoms with Gasteiger partial charge in [0, 0.05) is 20.2 Å². The van der Waals surface area contributed by atoms with Crippen molar-refractivity contribution in [3.8, 4) is 0 Å². The van der Waals surface area contributed by atoms with E-state index in [1.807, 2.05) is 24.3 Å². The van der Waals surface area contributed by atoms with Crippen molar-refractivity contribution in [2.24, 2.45) is 0 Å². The quantitative estimate of drug-likeness (QED) is 0.762. The number of carbonyl (C=O) groups is 1. The van der Waals surface area contributed by atoms with Crippen molar-refractivity contribution in [1.29, 1.82) is 0 Å². The summed E-state index contributed by atoms with van der Waals surface area (Å²) in [6.45, 7) is 7.36. The summed E-state index contributed by atoms with van der Waals surface area (Å²) in [7, 11) is 1.68. The van der Waals surface area contributed by atoms with Gasteiger partial charge < -0.3 is 10.1 Å². The third kappa shape index (κ3) is 6.69. The van der Waals surface area contributed by atoms with Crippen LogP contribution in [0.4, 0.5) is 0 Å². The van der Waals surface area contributed by atoms with Gasteiger partial charge >= 0.3 is 0 Å². The lowest BCUT2D eigenvalue weighted by Crippen LogP contribution is -2.36. The third-order valence-corrected chi connectivity index (χ3v) is 4.13. The second kappa shape index (κ2) is 9.97. The molecule has 0 saturated heterocycles. The smallest absolute Gasteiger partial charge is 0.234 e. The normalized spacial score (nSPS) is 10.9. The molecule has 2 aromatic carbocycles. The van der Waals surface area contributed by atoms with E-state index in [1.54, 1.807) is 7.11 Å². The number of methoxy groups -OCH3 is 1. The predicted molar refractivity (Wildman–Crippen MR) is 101 cm³/mol. The Hall–Kier alpha value is -2.17. The van der Waals surface area contributed by atoms with Crippen LogP contribution in [0, 0.1) is 6.92 Å². The molecule has 0 heterocycles. The van der Waals surface area contributed by atoms with E-state index in [1.165, 1.54) is 11.1 Å². The summed E-state index contributed by atoms with van der Waals surface area (Å²) in [5.41, 5.74) is 4.71. The summed E-state index contributed by atoms with van der Waals surface area (Å²) in [6.07, 6.45) is 0. The van der Waals surface area contributed by atoms with Crippen LogP contribution in [0.1, 0.15) is 29.2 Å². The predicted octanol–water partition coefficient (Wildman–Crippen LogP) is 3.28. The van der Waals surface area contributed by atoms with E-state index < -0.39 is 0 Å². The summed E-state index contributed by atoms with van der Waals surface area (Å²) >= 11 is 0. The van der Waals surface area contributed by atoms with Gasteiger partial charge in [0.15, 0.2) is 0 Å². The Morgan fingerprint density at radius 1 is 1.08 bits per heavy atom. The molecule has 0 fully saturated rings. The minimum absolute atomic E-state index is 0.0514. The first-order valence-electron chi connectivity index (χ1n) is 8.72. The fraction of sp³-hybridized carbons (Fsp3) is 0.381. The Morgan fingerprint density at radius 3 is 2.44 bits per heavy atom. The monoisotopic (exact) mass is 340 g/mol. The number of hydrogen-bond acceptors (Lipinski definition) is 3. The van der Waals surface area contributed by atoms with Gasteiger partial charge in [0.1, 0.15) is 0 Å². The summed E-state index contributed by atoms with van der Waals surface area (Å²) in [6, 6.07) is 16.5. The van der Waals surface area contributed by atoms with Crippen molar-refractivity contribution in [3.05, 3.63) is 70.8 Å². The first-order chi connectivity index (χ1) is 12.1. The maximum Gasteiger partial charge on any atom is 0.234 e. The van der Waals surface area contributed by atoms with Crippen molar-refractivity contribution >= 4 is 5.91 Å². The van der Waals surface area contributed by atoms with E-state index in [2.05, 4.69) is 48.3 Å². The van der Waals surface area contributed by atoms with E-state index in [0.717, 1.165) is 24.2 Å². The van der Waals surface area contributed by atoms with Gasteiger partial charge in [-0.25, -0.2) is 0 Å². The van der Waals surface area contributed by atoms with Gasteiger partial charge in [-0.05, 0) is 30.2 Å². The zero-order valence-electron chi connectivity index (χ0n) is 15.4. The fourth-order valence-electron chi connectivity index (χ4n) is 2.73. The molecule has 0 aromatic heterocycles. The molecule has 0 aliphatic heterocycles. The summed E-state index contributed by atoms with van der Waals surface area (Å²) < 4.78 is 5.10. The van der Waals surface area contributed by atoms with E-state index in [0.29, 0.717) is 19.7 Å². The molecule has 2 rings (SSSR count). The van der Waals surface area contributed by atoms with Crippen molar-refractivity contribution in [2.75, 3.05) is 20.2 Å². The highest BCUT2D eigenvalue weighted by atomic mass is 16.5. The van der Waals surface area contributed by atoms with Crippen LogP contribution in [0.5, 0.6) is 0 Å². The van der Waals surface area contributed by atoms with Crippen molar-refractivity contribution in [1.82, 2.24) is 10.2 Å². The van der Waals surface area contributed by atoms with Crippen LogP contribution in [0.2, 0.25) is 0 Å². The van der Waals surface area contributed by atoms with Crippen molar-refractivity contribution < 1.29 is 9.53 Å². The molecule has 4 heteroatoms. The SMILES string of the molecule is CCN(CC(=O)NCc1ccc(COC)cc1)Cc1cccc(C)c1. The van der Waals surface area contributed by atoms with E-state index in [4.69, 9.17) is 4.74 Å². The molecule has 0 spiro atoms. The Morgan fingerprint density at radius 2 is 1.80 bits per heavy atom. The highest BCUT2D eigenvalue weighted by molar-refractivity contribution is 5.78. The molecule has 0 aliphatic rings. The summed E-state index contributed by atoms with van der Waals surface area (Å²) in [5.74, 6) is 0.0514. The van der Waals surface area contributed by atoms with Crippen LogP contribution in [0.25, 0.3) is 0 Å². The number of nitrogens with one attached hydrogen (secondary N) is 1. The van der Waals surface area contributed by atoms with Gasteiger partial charge in [0.2, 0.25) is 5.91 Å². The van der Waals surface area contributed by atoms with Crippen molar-refractivity contribution in [2.45, 2.75) is 33.5 Å². The van der Waals surface area contributed by atoms with Crippen LogP contribution in [0.3, 0.4) is 0 Å². The van der Waals surface area contributed by atoms with Crippen LogP contribution < -0.4 is 5.32 Å². The highest BCUT2D eigenvalue weighted by Crippen LogP contribution is 2.08. The molecular formula is C21H28N2O2. The molecule has 0 radical (unpaired) electrons. The Balaban J connectivity index is 1.81. The van der Waals surface area contributed by atoms with Gasteiger partial charge in [0.05, 0.1) is 13.2 Å². The number of amides is 1. The number of hydrogen-bond donors (Lipinski definition) is 1. The number of rotatable bonds is 9. The molecular weight excluding hydrogens is 312 g/mol. The largest absolute Gasteiger partial charge is 0.380 e. The molecule has 0 unspecified atom stereocenters. The van der Waals surface area contributed by atoms with Gasteiger partial charge in [0.25, 0.3) is 0 Å². The second-order valence-electron chi connectivity index (χ2n) is 6.32. The fourth-order valence-corrected chi connectivity index (χ4v) is 2.73. The molecule has 25 heavy (non-hydrogen) atoms. The number of likely N-dealkylation sites (N-methyl/N-ethyl adjacent to an activating group) is 1. The highest BCUT2D eigenvalue weighted by Gasteiger charge is 2.09. The first-order valence-corrected chi connectivity index (χ1v) is 8.72. The zero-order chi connectivity index (χ0) is 18.1. The van der Waals surface area contributed by atoms with Gasteiger partial charge in [-0.3, -0.25) is 9.69 Å². The standard InChI is InChI=1S/C21H28N2O2/c1-4-23(14-20-7-5-6-17(2)12-20)15-21(24)22-13-18-8-10-19(11-9-18)16-25-3/h5-12H,4,13-16H2,1-3H3,(H,22,24). The van der Waals surface area contributed by atoms with Crippen LogP contribution >= 0.6 is 0 Å². The van der Waals surface area contributed by atoms with Crippen LogP contribution in [-0.2, 0) is 29.2 Å². The number of carbonyl (C=O) groups excluding carboxylic acids is 1. The Kier molecular flexibility index (Phi) is 7.64. The minimum Gasteiger partial charge on any atom is -0.380 e. The lowest BCUT2D eigenvalue weighted by molar-refractivity contribution is -0.122. The van der Waals surface area contributed by atoms with Crippen molar-refractivity contribution in [3.63, 3.8) is 0 Å². The lowest BCUT2D eigenvalue weighted by atomic mass is 10.1. The number of ether oxygens (including phenoxy) is 1. The molecule has 0 aliphatic carbocycles. The second-order valence-corrected chi connectivity index (χ2v) is 6.32. The van der Waals surface area contributed by atoms with Gasteiger partial charge in [-0.1, -0.05) is 61.0 Å². The van der Waals surface area contributed by atoms with E-state index in [9.17, 15) is 4.79 Å². The minimum atomic E-state index is 0.0514. The molecule has 2 aromatic rings. The average molecular weight is 340 g/mol. The number of aryl methyl sites for hydroxylation is 1. The van der Waals surface area contributed by atoms with Crippen LogP contribution in [-0.4, -0.2) is 31.0 Å². The van der Waals surface area contributed by atoms with Gasteiger partial charge in [-0.2, -0.15) is 0 Å². The maximum atomic E-state index is 12.2. The van der Waals surface area contributed by atoms with Gasteiger partial charge in [-0.15, -0.1) is 0 Å². The zero-order valence-corrected chi connectivity index (χ0v) is 15.4. The lowest BCUT2D eigenvalue weighted by Gasteiger charge is -2.20. The molecule has 0 bridgehead atoms. The Labute approximate surface area is 150 Å². The average Bonchev–Trinajstić information content (AvgIpc) is 2.61. The molecule has 0 saturated carbocycles. The summed E-state index contributed by atoms with van der Waals surface area (Å²) in [4.78, 5) is 14.4. The maximum absolute atomic E-state index is 12.2. The first kappa shape index (κ1) is 19.2. The van der Waals surface area contributed by atoms with E-state index >= 15 is 0 Å². The number of nitrogens with zero attached hydrogens (tertiary/aromatic N) is 1. The van der Waals surface area contributed by atoms with Crippen LogP contribution in [0.15, 0.2) is 48.5 Å². The molecule has 134 valence electrons. The Bertz CT molecular complexity index is 668. The molecule has 1 N–H and O–H groups in total. The molecule has 4 nitrogen and oxygen atoms in total. The topological polar surface area (TPSA) is 41.6 Å². The summed E-state index contributed by atoms with van der Waals surface area (Å²) in [5, 5.41) is 3.00. The third-order valence-electron chi connectivity index (χ3n) is 4.13. The van der Waals surface area contributed by atoms with E-state index in [-0.39, 0.29) is 5.91 Å². The molecule has 0 atom stereocenters.